The normalized spacial score (nSPS) is 12.4. The summed E-state index contributed by atoms with van der Waals surface area (Å²) in [6.07, 6.45) is -0.409. The minimum absolute atomic E-state index is 0.0563. The number of ether oxygens (including phenoxy) is 3. The third kappa shape index (κ3) is 9.52. The zero-order valence-electron chi connectivity index (χ0n) is 20.5. The number of esters is 2. The lowest BCUT2D eigenvalue weighted by Gasteiger charge is -2.25. The lowest BCUT2D eigenvalue weighted by Crippen LogP contribution is -2.46. The van der Waals surface area contributed by atoms with Crippen molar-refractivity contribution >= 4 is 17.8 Å². The van der Waals surface area contributed by atoms with Crippen molar-refractivity contribution in [2.24, 2.45) is 0 Å². The first-order valence-corrected chi connectivity index (χ1v) is 11.0. The molecular weight excluding hydrogens is 438 g/mol. The highest BCUT2D eigenvalue weighted by atomic mass is 16.6. The summed E-state index contributed by atoms with van der Waals surface area (Å²) in [5, 5.41) is 12.6. The number of benzene rings is 2. The van der Waals surface area contributed by atoms with Crippen LogP contribution in [-0.4, -0.2) is 40.2 Å². The highest BCUT2D eigenvalue weighted by Crippen LogP contribution is 2.23. The smallest absolute Gasteiger partial charge is 0.329 e. The summed E-state index contributed by atoms with van der Waals surface area (Å²) >= 11 is 0. The number of nitrogens with one attached hydrogen (secondary N) is 1. The zero-order chi connectivity index (χ0) is 25.5. The Morgan fingerprint density at radius 3 is 2.12 bits per heavy atom. The number of rotatable bonds is 8. The van der Waals surface area contributed by atoms with Gasteiger partial charge in [0.05, 0.1) is 6.42 Å². The molecule has 0 aliphatic rings. The van der Waals surface area contributed by atoms with E-state index in [9.17, 15) is 19.5 Å². The topological polar surface area (TPSA) is 111 Å². The molecule has 2 aromatic carbocycles. The molecule has 8 nitrogen and oxygen atoms in total. The highest BCUT2D eigenvalue weighted by Gasteiger charge is 2.31. The van der Waals surface area contributed by atoms with Crippen LogP contribution in [0.2, 0.25) is 0 Å². The van der Waals surface area contributed by atoms with Crippen LogP contribution in [-0.2, 0) is 25.7 Å². The first-order valence-electron chi connectivity index (χ1n) is 11.0. The SMILES string of the molecule is CC(C)(C)OC(=O)C[C@H](NC(=O)c1cc(O)cc(OCc2ccccc2)c1)C(=O)OC(C)(C)C. The van der Waals surface area contributed by atoms with E-state index in [1.165, 1.54) is 18.2 Å². The molecule has 34 heavy (non-hydrogen) atoms. The molecule has 184 valence electrons. The number of hydrogen-bond donors (Lipinski definition) is 2. The molecule has 0 unspecified atom stereocenters. The van der Waals surface area contributed by atoms with Gasteiger partial charge in [-0.2, -0.15) is 0 Å². The van der Waals surface area contributed by atoms with E-state index >= 15 is 0 Å². The second kappa shape index (κ2) is 11.0. The van der Waals surface area contributed by atoms with Crippen LogP contribution < -0.4 is 10.1 Å². The van der Waals surface area contributed by atoms with Gasteiger partial charge < -0.3 is 24.6 Å². The molecule has 0 radical (unpaired) electrons. The number of amides is 1. The fraction of sp³-hybridized carbons (Fsp3) is 0.423. The quantitative estimate of drug-likeness (QED) is 0.557. The predicted octanol–water partition coefficient (Wildman–Crippen LogP) is 4.14. The maximum atomic E-state index is 12.9. The first-order chi connectivity index (χ1) is 15.7. The minimum atomic E-state index is -1.28. The molecule has 0 fully saturated rings. The molecule has 2 N–H and O–H groups in total. The van der Waals surface area contributed by atoms with E-state index in [1.807, 2.05) is 30.3 Å². The molecule has 0 saturated carbocycles. The maximum absolute atomic E-state index is 12.9. The van der Waals surface area contributed by atoms with Crippen molar-refractivity contribution in [2.75, 3.05) is 0 Å². The van der Waals surface area contributed by atoms with Crippen LogP contribution in [0.4, 0.5) is 0 Å². The summed E-state index contributed by atoms with van der Waals surface area (Å²) in [6.45, 7) is 10.4. The van der Waals surface area contributed by atoms with Gasteiger partial charge in [0, 0.05) is 11.6 Å². The van der Waals surface area contributed by atoms with E-state index in [0.29, 0.717) is 0 Å². The largest absolute Gasteiger partial charge is 0.508 e. The van der Waals surface area contributed by atoms with Gasteiger partial charge in [-0.1, -0.05) is 30.3 Å². The van der Waals surface area contributed by atoms with E-state index in [2.05, 4.69) is 5.32 Å². The Labute approximate surface area is 200 Å². The summed E-state index contributed by atoms with van der Waals surface area (Å²) in [7, 11) is 0. The lowest BCUT2D eigenvalue weighted by atomic mass is 10.1. The van der Waals surface area contributed by atoms with E-state index in [-0.39, 0.29) is 23.7 Å². The Morgan fingerprint density at radius 1 is 0.912 bits per heavy atom. The van der Waals surface area contributed by atoms with Gasteiger partial charge in [-0.15, -0.1) is 0 Å². The van der Waals surface area contributed by atoms with Gasteiger partial charge in [0.15, 0.2) is 0 Å². The number of carbonyl (C=O) groups is 3. The highest BCUT2D eigenvalue weighted by molar-refractivity contribution is 5.98. The molecular formula is C26H33NO7. The fourth-order valence-corrected chi connectivity index (χ4v) is 2.90. The Kier molecular flexibility index (Phi) is 8.68. The second-order valence-electron chi connectivity index (χ2n) is 9.84. The average molecular weight is 472 g/mol. The lowest BCUT2D eigenvalue weighted by molar-refractivity contribution is -0.164. The molecule has 2 rings (SSSR count). The third-order valence-corrected chi connectivity index (χ3v) is 4.19. The fourth-order valence-electron chi connectivity index (χ4n) is 2.90. The predicted molar refractivity (Wildman–Crippen MR) is 126 cm³/mol. The molecule has 0 bridgehead atoms. The van der Waals surface area contributed by atoms with Crippen molar-refractivity contribution in [3.8, 4) is 11.5 Å². The van der Waals surface area contributed by atoms with E-state index in [0.717, 1.165) is 5.56 Å². The number of phenols is 1. The Hall–Kier alpha value is -3.55. The van der Waals surface area contributed by atoms with Crippen LogP contribution >= 0.6 is 0 Å². The summed E-state index contributed by atoms with van der Waals surface area (Å²) in [4.78, 5) is 38.0. The second-order valence-corrected chi connectivity index (χ2v) is 9.84. The summed E-state index contributed by atoms with van der Waals surface area (Å²) in [5.41, 5.74) is -0.604. The van der Waals surface area contributed by atoms with Crippen LogP contribution in [0.5, 0.6) is 11.5 Å². The van der Waals surface area contributed by atoms with E-state index in [1.54, 1.807) is 41.5 Å². The molecule has 1 atom stereocenters. The van der Waals surface area contributed by atoms with E-state index < -0.39 is 41.5 Å². The molecule has 0 aliphatic heterocycles. The minimum Gasteiger partial charge on any atom is -0.508 e. The van der Waals surface area contributed by atoms with Crippen LogP contribution in [0.1, 0.15) is 63.9 Å². The van der Waals surface area contributed by atoms with Crippen LogP contribution in [0, 0.1) is 0 Å². The van der Waals surface area contributed by atoms with Gasteiger partial charge in [0.2, 0.25) is 0 Å². The van der Waals surface area contributed by atoms with Crippen molar-refractivity contribution in [2.45, 2.75) is 71.8 Å². The number of carbonyl (C=O) groups excluding carboxylic acids is 3. The van der Waals surface area contributed by atoms with Crippen LogP contribution in [0.25, 0.3) is 0 Å². The summed E-state index contributed by atoms with van der Waals surface area (Å²) < 4.78 is 16.4. The summed E-state index contributed by atoms with van der Waals surface area (Å²) in [6, 6.07) is 12.2. The third-order valence-electron chi connectivity index (χ3n) is 4.19. The maximum Gasteiger partial charge on any atom is 0.329 e. The molecule has 8 heteroatoms. The Bertz CT molecular complexity index is 1000. The van der Waals surface area contributed by atoms with Gasteiger partial charge >= 0.3 is 11.9 Å². The molecule has 1 amide bonds. The van der Waals surface area contributed by atoms with Gasteiger partial charge in [-0.05, 0) is 59.2 Å². The van der Waals surface area contributed by atoms with Crippen molar-refractivity contribution in [3.63, 3.8) is 0 Å². The number of phenolic OH excluding ortho intramolecular Hbond substituents is 1. The molecule has 0 aromatic heterocycles. The van der Waals surface area contributed by atoms with Gasteiger partial charge in [-0.25, -0.2) is 4.79 Å². The summed E-state index contributed by atoms with van der Waals surface area (Å²) in [5.74, 6) is -2.02. The van der Waals surface area contributed by atoms with Crippen molar-refractivity contribution in [1.82, 2.24) is 5.32 Å². The molecule has 0 heterocycles. The van der Waals surface area contributed by atoms with Crippen LogP contribution in [0.3, 0.4) is 0 Å². The van der Waals surface area contributed by atoms with Crippen molar-refractivity contribution in [1.29, 1.82) is 0 Å². The van der Waals surface area contributed by atoms with E-state index in [4.69, 9.17) is 14.2 Å². The molecule has 2 aromatic rings. The number of hydrogen-bond acceptors (Lipinski definition) is 7. The zero-order valence-corrected chi connectivity index (χ0v) is 20.5. The standard InChI is InChI=1S/C26H33NO7/c1-25(2,3)33-22(29)15-21(24(31)34-26(4,5)6)27-23(30)18-12-19(28)14-20(13-18)32-16-17-10-8-7-9-11-17/h7-14,21,28H,15-16H2,1-6H3,(H,27,30)/t21-/m0/s1. The molecule has 0 saturated heterocycles. The number of aromatic hydroxyl groups is 1. The van der Waals surface area contributed by atoms with Gasteiger partial charge in [0.1, 0.15) is 35.3 Å². The molecule has 0 aliphatic carbocycles. The van der Waals surface area contributed by atoms with Crippen LogP contribution in [0.15, 0.2) is 48.5 Å². The van der Waals surface area contributed by atoms with Gasteiger partial charge in [0.25, 0.3) is 5.91 Å². The monoisotopic (exact) mass is 471 g/mol. The Morgan fingerprint density at radius 2 is 1.53 bits per heavy atom. The Balaban J connectivity index is 2.18. The van der Waals surface area contributed by atoms with Crippen molar-refractivity contribution < 1.29 is 33.7 Å². The first kappa shape index (κ1) is 26.7. The van der Waals surface area contributed by atoms with Crippen molar-refractivity contribution in [3.05, 3.63) is 59.7 Å². The average Bonchev–Trinajstić information content (AvgIpc) is 2.69. The molecule has 0 spiro atoms. The van der Waals surface area contributed by atoms with Gasteiger partial charge in [-0.3, -0.25) is 9.59 Å².